The van der Waals surface area contributed by atoms with Crippen LogP contribution in [0.1, 0.15) is 52.4 Å². The summed E-state index contributed by atoms with van der Waals surface area (Å²) < 4.78 is 5.17. The van der Waals surface area contributed by atoms with Crippen molar-refractivity contribution in [3.05, 3.63) is 11.3 Å². The van der Waals surface area contributed by atoms with Gasteiger partial charge in [0.2, 0.25) is 0 Å². The molecule has 1 atom stereocenters. The molecule has 0 bridgehead atoms. The minimum atomic E-state index is -0.318. The van der Waals surface area contributed by atoms with Gasteiger partial charge in [0.1, 0.15) is 0 Å². The summed E-state index contributed by atoms with van der Waals surface area (Å²) in [7, 11) is 0. The number of carbonyl (C=O) groups is 2. The Bertz CT molecular complexity index is 445. The van der Waals surface area contributed by atoms with Gasteiger partial charge in [-0.15, -0.1) is 0 Å². The minimum absolute atomic E-state index is 0.223. The van der Waals surface area contributed by atoms with E-state index >= 15 is 0 Å². The molecular formula is C16H26N2O3S. The lowest BCUT2D eigenvalue weighted by Gasteiger charge is -2.29. The Morgan fingerprint density at radius 3 is 2.64 bits per heavy atom. The van der Waals surface area contributed by atoms with E-state index in [2.05, 4.69) is 10.6 Å². The zero-order valence-electron chi connectivity index (χ0n) is 13.4. The number of amides is 2. The molecule has 0 spiro atoms. The molecule has 1 saturated carbocycles. The molecule has 2 N–H and O–H groups in total. The Kier molecular flexibility index (Phi) is 6.61. The van der Waals surface area contributed by atoms with Crippen molar-refractivity contribution in [1.82, 2.24) is 10.6 Å². The number of urea groups is 1. The van der Waals surface area contributed by atoms with Crippen molar-refractivity contribution in [1.29, 1.82) is 0 Å². The van der Waals surface area contributed by atoms with Crippen LogP contribution in [0.25, 0.3) is 0 Å². The van der Waals surface area contributed by atoms with Crippen molar-refractivity contribution in [2.24, 2.45) is 0 Å². The lowest BCUT2D eigenvalue weighted by Crippen LogP contribution is -2.50. The van der Waals surface area contributed by atoms with Crippen molar-refractivity contribution in [2.75, 3.05) is 12.4 Å². The molecule has 1 heterocycles. The van der Waals surface area contributed by atoms with E-state index < -0.39 is 0 Å². The highest BCUT2D eigenvalue weighted by Crippen LogP contribution is 2.30. The fraction of sp³-hybridized carbons (Fsp3) is 0.750. The molecule has 1 fully saturated rings. The second-order valence-corrected chi connectivity index (χ2v) is 7.03. The molecule has 2 aliphatic rings. The third-order valence-electron chi connectivity index (χ3n) is 4.16. The van der Waals surface area contributed by atoms with Crippen molar-refractivity contribution in [3.63, 3.8) is 0 Å². The highest BCUT2D eigenvalue weighted by atomic mass is 32.2. The van der Waals surface area contributed by atoms with Crippen LogP contribution in [0.4, 0.5) is 4.79 Å². The van der Waals surface area contributed by atoms with Crippen LogP contribution in [-0.4, -0.2) is 35.7 Å². The van der Waals surface area contributed by atoms with Crippen molar-refractivity contribution < 1.29 is 14.3 Å². The van der Waals surface area contributed by atoms with Gasteiger partial charge >= 0.3 is 12.0 Å². The highest BCUT2D eigenvalue weighted by Gasteiger charge is 2.31. The van der Waals surface area contributed by atoms with Crippen LogP contribution in [0.5, 0.6) is 0 Å². The van der Waals surface area contributed by atoms with E-state index in [1.54, 1.807) is 6.92 Å². The molecule has 0 aromatic rings. The van der Waals surface area contributed by atoms with Gasteiger partial charge in [0.05, 0.1) is 18.2 Å². The van der Waals surface area contributed by atoms with Crippen LogP contribution in [0.3, 0.4) is 0 Å². The Balaban J connectivity index is 2.11. The van der Waals surface area contributed by atoms with E-state index in [9.17, 15) is 9.59 Å². The normalized spacial score (nSPS) is 23.0. The molecule has 2 amide bonds. The van der Waals surface area contributed by atoms with Gasteiger partial charge in [0.15, 0.2) is 0 Å². The van der Waals surface area contributed by atoms with Crippen LogP contribution in [0.2, 0.25) is 0 Å². The molecule has 0 aromatic heterocycles. The van der Waals surface area contributed by atoms with Gasteiger partial charge in [-0.25, -0.2) is 9.59 Å². The first-order valence-corrected chi connectivity index (χ1v) is 9.29. The van der Waals surface area contributed by atoms with Crippen LogP contribution in [0.15, 0.2) is 11.3 Å². The third kappa shape index (κ3) is 4.41. The number of esters is 1. The van der Waals surface area contributed by atoms with Crippen molar-refractivity contribution >= 4 is 23.8 Å². The molecule has 2 rings (SSSR count). The van der Waals surface area contributed by atoms with Crippen molar-refractivity contribution in [2.45, 2.75) is 63.7 Å². The van der Waals surface area contributed by atoms with Crippen LogP contribution in [-0.2, 0) is 9.53 Å². The zero-order valence-corrected chi connectivity index (χ0v) is 14.3. The minimum Gasteiger partial charge on any atom is -0.463 e. The number of hydrogen-bond donors (Lipinski definition) is 2. The number of carbonyl (C=O) groups excluding carboxylic acids is 2. The Labute approximate surface area is 136 Å². The quantitative estimate of drug-likeness (QED) is 0.736. The van der Waals surface area contributed by atoms with Gasteiger partial charge in [-0.1, -0.05) is 26.2 Å². The van der Waals surface area contributed by atoms with E-state index in [1.807, 2.05) is 18.7 Å². The number of thioether (sulfide) groups is 1. The molecule has 22 heavy (non-hydrogen) atoms. The summed E-state index contributed by atoms with van der Waals surface area (Å²) in [5.74, 6) is 0.351. The predicted molar refractivity (Wildman–Crippen MR) is 88.7 cm³/mol. The van der Waals surface area contributed by atoms with E-state index in [1.165, 1.54) is 32.1 Å². The first-order valence-electron chi connectivity index (χ1n) is 8.25. The summed E-state index contributed by atoms with van der Waals surface area (Å²) in [6, 6.07) is -0.478. The number of hydrogen-bond acceptors (Lipinski definition) is 4. The second kappa shape index (κ2) is 8.46. The van der Waals surface area contributed by atoms with Gasteiger partial charge in [-0.3, -0.25) is 0 Å². The van der Waals surface area contributed by atoms with Crippen LogP contribution in [0, 0.1) is 0 Å². The van der Waals surface area contributed by atoms with E-state index in [0.717, 1.165) is 5.70 Å². The monoisotopic (exact) mass is 326 g/mol. The third-order valence-corrected chi connectivity index (χ3v) is 5.56. The average Bonchev–Trinajstić information content (AvgIpc) is 2.53. The largest absolute Gasteiger partial charge is 0.463 e. The standard InChI is InChI=1S/C16H26N2O3S/c1-3-12-14(15(19)21-4-2)13(18-16(20)17-12)10-22-11-8-6-5-7-9-11/h11-12H,3-10H2,1-2H3,(H2,17,18,20)/t12-/m0/s1. The van der Waals surface area contributed by atoms with Gasteiger partial charge in [0.25, 0.3) is 0 Å². The van der Waals surface area contributed by atoms with Gasteiger partial charge in [-0.2, -0.15) is 11.8 Å². The number of ether oxygens (including phenoxy) is 1. The smallest absolute Gasteiger partial charge is 0.337 e. The molecule has 124 valence electrons. The Hall–Kier alpha value is -1.17. The summed E-state index contributed by atoms with van der Waals surface area (Å²) in [6.45, 7) is 4.10. The van der Waals surface area contributed by atoms with Crippen molar-refractivity contribution in [3.8, 4) is 0 Å². The highest BCUT2D eigenvalue weighted by molar-refractivity contribution is 8.00. The van der Waals surface area contributed by atoms with Crippen LogP contribution < -0.4 is 10.6 Å². The van der Waals surface area contributed by atoms with Crippen LogP contribution >= 0.6 is 11.8 Å². The number of nitrogens with one attached hydrogen (secondary N) is 2. The average molecular weight is 326 g/mol. The molecular weight excluding hydrogens is 300 g/mol. The summed E-state index contributed by atoms with van der Waals surface area (Å²) in [5, 5.41) is 6.26. The van der Waals surface area contributed by atoms with Gasteiger partial charge in [0, 0.05) is 16.7 Å². The molecule has 0 radical (unpaired) electrons. The van der Waals surface area contributed by atoms with E-state index in [-0.39, 0.29) is 18.0 Å². The molecule has 0 saturated heterocycles. The maximum absolute atomic E-state index is 12.3. The lowest BCUT2D eigenvalue weighted by molar-refractivity contribution is -0.139. The van der Waals surface area contributed by atoms with Gasteiger partial charge in [-0.05, 0) is 26.2 Å². The Morgan fingerprint density at radius 1 is 1.27 bits per heavy atom. The summed E-state index contributed by atoms with van der Waals surface area (Å²) in [6.07, 6.45) is 7.04. The fourth-order valence-corrected chi connectivity index (χ4v) is 4.31. The molecule has 6 heteroatoms. The van der Waals surface area contributed by atoms with E-state index in [0.29, 0.717) is 29.6 Å². The maximum Gasteiger partial charge on any atom is 0.337 e. The second-order valence-electron chi connectivity index (χ2n) is 5.74. The molecule has 1 aliphatic carbocycles. The topological polar surface area (TPSA) is 67.4 Å². The summed E-state index contributed by atoms with van der Waals surface area (Å²) >= 11 is 1.85. The Morgan fingerprint density at radius 2 is 2.00 bits per heavy atom. The molecule has 1 aliphatic heterocycles. The number of rotatable bonds is 6. The first-order chi connectivity index (χ1) is 10.7. The maximum atomic E-state index is 12.3. The predicted octanol–water partition coefficient (Wildman–Crippen LogP) is 2.96. The van der Waals surface area contributed by atoms with Gasteiger partial charge < -0.3 is 15.4 Å². The molecule has 0 aromatic carbocycles. The first kappa shape index (κ1) is 17.2. The molecule has 0 unspecified atom stereocenters. The summed E-state index contributed by atoms with van der Waals surface area (Å²) in [5.41, 5.74) is 1.32. The van der Waals surface area contributed by atoms with E-state index in [4.69, 9.17) is 4.74 Å². The lowest BCUT2D eigenvalue weighted by atomic mass is 10.0. The fourth-order valence-electron chi connectivity index (χ4n) is 3.01. The SMILES string of the molecule is CCOC(=O)C1=C(CSC2CCCCC2)NC(=O)N[C@H]1CC. The summed E-state index contributed by atoms with van der Waals surface area (Å²) in [4.78, 5) is 24.1. The molecule has 5 nitrogen and oxygen atoms in total. The zero-order chi connectivity index (χ0) is 15.9.